The zero-order chi connectivity index (χ0) is 17.5. The Labute approximate surface area is 139 Å². The number of benzene rings is 1. The summed E-state index contributed by atoms with van der Waals surface area (Å²) in [4.78, 5) is 15.5. The topological polar surface area (TPSA) is 90.0 Å². The molecule has 0 amide bonds. The summed E-state index contributed by atoms with van der Waals surface area (Å²) in [6, 6.07) is 9.41. The van der Waals surface area contributed by atoms with Crippen molar-refractivity contribution in [3.05, 3.63) is 63.6 Å². The van der Waals surface area contributed by atoms with Crippen molar-refractivity contribution >= 4 is 0 Å². The summed E-state index contributed by atoms with van der Waals surface area (Å²) in [5.41, 5.74) is 0.767. The van der Waals surface area contributed by atoms with Crippen LogP contribution in [0.25, 0.3) is 0 Å². The number of methoxy groups -OCH3 is 3. The molecule has 7 nitrogen and oxygen atoms in total. The van der Waals surface area contributed by atoms with Crippen LogP contribution in [-0.2, 0) is 20.8 Å². The Morgan fingerprint density at radius 3 is 2.33 bits per heavy atom. The summed E-state index contributed by atoms with van der Waals surface area (Å²) in [7, 11) is 4.20. The van der Waals surface area contributed by atoms with Crippen molar-refractivity contribution in [2.24, 2.45) is 0 Å². The first kappa shape index (κ1) is 18.2. The van der Waals surface area contributed by atoms with Gasteiger partial charge in [0, 0.05) is 27.5 Å². The Kier molecular flexibility index (Phi) is 6.51. The number of ether oxygens (including phenoxy) is 4. The Balaban J connectivity index is 2.41. The molecule has 2 rings (SSSR count). The highest BCUT2D eigenvalue weighted by Gasteiger charge is 2.23. The molecule has 0 spiro atoms. The van der Waals surface area contributed by atoms with Gasteiger partial charge in [-0.15, -0.1) is 0 Å². The molecule has 0 fully saturated rings. The van der Waals surface area contributed by atoms with Gasteiger partial charge in [-0.3, -0.25) is 4.79 Å². The Bertz CT molecular complexity index is 696. The maximum absolute atomic E-state index is 12.7. The van der Waals surface area contributed by atoms with Crippen molar-refractivity contribution in [3.63, 3.8) is 0 Å². The summed E-state index contributed by atoms with van der Waals surface area (Å²) in [6.07, 6.45) is -0.811. The highest BCUT2D eigenvalue weighted by molar-refractivity contribution is 5.33. The van der Waals surface area contributed by atoms with Gasteiger partial charge in [-0.1, -0.05) is 30.3 Å². The van der Waals surface area contributed by atoms with Crippen LogP contribution in [0.4, 0.5) is 0 Å². The van der Waals surface area contributed by atoms with Crippen LogP contribution in [-0.4, -0.2) is 31.4 Å². The van der Waals surface area contributed by atoms with Gasteiger partial charge < -0.3 is 29.0 Å². The third-order valence-corrected chi connectivity index (χ3v) is 3.48. The predicted octanol–water partition coefficient (Wildman–Crippen LogP) is 1.88. The molecule has 2 N–H and O–H groups in total. The minimum Gasteiger partial charge on any atom is -0.483 e. The number of aliphatic hydroxyl groups excluding tert-OH is 1. The van der Waals surface area contributed by atoms with Gasteiger partial charge in [-0.25, -0.2) is 0 Å². The molecule has 1 atom stereocenters. The molecule has 0 radical (unpaired) electrons. The molecule has 7 heteroatoms. The van der Waals surface area contributed by atoms with E-state index in [-0.39, 0.29) is 17.9 Å². The Morgan fingerprint density at radius 2 is 1.75 bits per heavy atom. The van der Waals surface area contributed by atoms with Crippen LogP contribution in [0, 0.1) is 0 Å². The smallest absolute Gasteiger partial charge is 0.232 e. The summed E-state index contributed by atoms with van der Waals surface area (Å²) in [6.45, 7) is 0.184. The second-order valence-corrected chi connectivity index (χ2v) is 4.98. The summed E-state index contributed by atoms with van der Waals surface area (Å²) in [5, 5.41) is 9.80. The molecular formula is C17H21NO6. The lowest BCUT2D eigenvalue weighted by Crippen LogP contribution is -2.22. The van der Waals surface area contributed by atoms with Crippen molar-refractivity contribution in [2.45, 2.75) is 19.2 Å². The lowest BCUT2D eigenvalue weighted by Gasteiger charge is -2.19. The number of H-pyrrole nitrogens is 1. The molecule has 2 aromatic rings. The maximum atomic E-state index is 12.7. The SMILES string of the molecule is COC(O)c1c[nH]c(C(OC)OC)c(OCc2ccccc2)c1=O. The maximum Gasteiger partial charge on any atom is 0.232 e. The largest absolute Gasteiger partial charge is 0.483 e. The molecular weight excluding hydrogens is 314 g/mol. The molecule has 1 aromatic heterocycles. The lowest BCUT2D eigenvalue weighted by molar-refractivity contribution is -0.110. The monoisotopic (exact) mass is 335 g/mol. The van der Waals surface area contributed by atoms with Gasteiger partial charge >= 0.3 is 0 Å². The van der Waals surface area contributed by atoms with E-state index in [9.17, 15) is 9.90 Å². The van der Waals surface area contributed by atoms with Gasteiger partial charge in [-0.2, -0.15) is 0 Å². The standard InChI is InChI=1S/C17H21NO6/c1-21-16(20)12-9-18-13(17(22-2)23-3)15(14(12)19)24-10-11-7-5-4-6-8-11/h4-9,16-17,20H,10H2,1-3H3,(H,18,19). The first-order valence-electron chi connectivity index (χ1n) is 7.31. The average molecular weight is 335 g/mol. The second-order valence-electron chi connectivity index (χ2n) is 4.98. The summed E-state index contributed by atoms with van der Waals surface area (Å²) in [5.74, 6) is 0.0150. The van der Waals surface area contributed by atoms with Gasteiger partial charge in [0.15, 0.2) is 12.0 Å². The molecule has 1 aromatic carbocycles. The van der Waals surface area contributed by atoms with E-state index in [1.54, 1.807) is 0 Å². The van der Waals surface area contributed by atoms with Crippen LogP contribution >= 0.6 is 0 Å². The predicted molar refractivity (Wildman–Crippen MR) is 86.6 cm³/mol. The zero-order valence-corrected chi connectivity index (χ0v) is 13.8. The number of aromatic nitrogens is 1. The van der Waals surface area contributed by atoms with Crippen molar-refractivity contribution in [2.75, 3.05) is 21.3 Å². The number of aromatic amines is 1. The van der Waals surface area contributed by atoms with Gasteiger partial charge in [0.05, 0.1) is 5.56 Å². The number of hydrogen-bond donors (Lipinski definition) is 2. The molecule has 0 bridgehead atoms. The molecule has 130 valence electrons. The number of aliphatic hydroxyl groups is 1. The molecule has 0 aliphatic carbocycles. The van der Waals surface area contributed by atoms with Crippen molar-refractivity contribution in [1.29, 1.82) is 0 Å². The average Bonchev–Trinajstić information content (AvgIpc) is 2.62. The quantitative estimate of drug-likeness (QED) is 0.716. The van der Waals surface area contributed by atoms with Crippen LogP contribution in [0.1, 0.15) is 29.4 Å². The van der Waals surface area contributed by atoms with E-state index in [0.29, 0.717) is 5.69 Å². The Morgan fingerprint density at radius 1 is 1.08 bits per heavy atom. The van der Waals surface area contributed by atoms with E-state index >= 15 is 0 Å². The third-order valence-electron chi connectivity index (χ3n) is 3.48. The minimum absolute atomic E-state index is 0.0150. The summed E-state index contributed by atoms with van der Waals surface area (Å²) >= 11 is 0. The molecule has 1 unspecified atom stereocenters. The van der Waals surface area contributed by atoms with E-state index in [0.717, 1.165) is 5.56 Å². The van der Waals surface area contributed by atoms with Crippen LogP contribution in [0.2, 0.25) is 0 Å². The molecule has 0 aliphatic heterocycles. The van der Waals surface area contributed by atoms with E-state index in [1.807, 2.05) is 30.3 Å². The molecule has 0 aliphatic rings. The fourth-order valence-corrected chi connectivity index (χ4v) is 2.23. The van der Waals surface area contributed by atoms with Crippen molar-refractivity contribution < 1.29 is 24.1 Å². The van der Waals surface area contributed by atoms with Gasteiger partial charge in [0.25, 0.3) is 0 Å². The number of hydrogen-bond acceptors (Lipinski definition) is 6. The Hall–Kier alpha value is -2.19. The van der Waals surface area contributed by atoms with E-state index < -0.39 is 18.0 Å². The molecule has 0 saturated carbocycles. The lowest BCUT2D eigenvalue weighted by atomic mass is 10.2. The van der Waals surface area contributed by atoms with Crippen LogP contribution in [0.5, 0.6) is 5.75 Å². The highest BCUT2D eigenvalue weighted by atomic mass is 16.7. The van der Waals surface area contributed by atoms with Gasteiger partial charge in [0.1, 0.15) is 12.3 Å². The van der Waals surface area contributed by atoms with Crippen LogP contribution in [0.3, 0.4) is 0 Å². The van der Waals surface area contributed by atoms with E-state index in [1.165, 1.54) is 27.5 Å². The van der Waals surface area contributed by atoms with Crippen molar-refractivity contribution in [3.8, 4) is 5.75 Å². The van der Waals surface area contributed by atoms with Gasteiger partial charge in [0.2, 0.25) is 11.7 Å². The van der Waals surface area contributed by atoms with Gasteiger partial charge in [-0.05, 0) is 5.56 Å². The summed E-state index contributed by atoms with van der Waals surface area (Å²) < 4.78 is 20.9. The van der Waals surface area contributed by atoms with E-state index in [4.69, 9.17) is 18.9 Å². The fraction of sp³-hybridized carbons (Fsp3) is 0.353. The molecule has 0 saturated heterocycles. The second kappa shape index (κ2) is 8.60. The highest BCUT2D eigenvalue weighted by Crippen LogP contribution is 2.25. The third kappa shape index (κ3) is 4.01. The first-order valence-corrected chi connectivity index (χ1v) is 7.31. The van der Waals surface area contributed by atoms with Crippen molar-refractivity contribution in [1.82, 2.24) is 4.98 Å². The fourth-order valence-electron chi connectivity index (χ4n) is 2.23. The minimum atomic E-state index is -1.36. The van der Waals surface area contributed by atoms with E-state index in [2.05, 4.69) is 4.98 Å². The zero-order valence-electron chi connectivity index (χ0n) is 13.8. The number of nitrogens with one attached hydrogen (secondary N) is 1. The molecule has 24 heavy (non-hydrogen) atoms. The van der Waals surface area contributed by atoms with Crippen LogP contribution < -0.4 is 10.2 Å². The number of pyridine rings is 1. The number of rotatable bonds is 8. The first-order chi connectivity index (χ1) is 11.6. The molecule has 1 heterocycles. The van der Waals surface area contributed by atoms with Crippen LogP contribution in [0.15, 0.2) is 41.3 Å². The normalized spacial score (nSPS) is 12.4.